The van der Waals surface area contributed by atoms with Crippen LogP contribution in [0.5, 0.6) is 0 Å². The largest absolute Gasteiger partial charge is 0.396 e. The van der Waals surface area contributed by atoms with E-state index in [0.29, 0.717) is 18.1 Å². The van der Waals surface area contributed by atoms with Gasteiger partial charge in [0.05, 0.1) is 6.10 Å². The number of aliphatic imine (C=N–C) groups is 1. The van der Waals surface area contributed by atoms with Gasteiger partial charge in [0.1, 0.15) is 0 Å². The molecule has 5 heteroatoms. The molecule has 0 amide bonds. The van der Waals surface area contributed by atoms with Gasteiger partial charge in [0.25, 0.3) is 0 Å². The molecule has 3 rings (SSSR count). The number of aliphatic hydroxyl groups is 1. The summed E-state index contributed by atoms with van der Waals surface area (Å²) < 4.78 is 6.00. The predicted octanol–water partition coefficient (Wildman–Crippen LogP) is 2.30. The average Bonchev–Trinajstić information content (AvgIpc) is 3.04. The minimum atomic E-state index is 0.152. The highest BCUT2D eigenvalue weighted by atomic mass is 16.5. The van der Waals surface area contributed by atoms with Gasteiger partial charge >= 0.3 is 0 Å². The SMILES string of the molecule is CN=C(NCC1(CCO)CCCC1)NC1C2CCCOC2C1(C)C. The van der Waals surface area contributed by atoms with E-state index in [-0.39, 0.29) is 17.4 Å². The second-order valence-electron chi connectivity index (χ2n) is 8.65. The number of nitrogens with zero attached hydrogens (tertiary/aromatic N) is 1. The van der Waals surface area contributed by atoms with Gasteiger partial charge in [-0.3, -0.25) is 4.99 Å². The van der Waals surface area contributed by atoms with Crippen molar-refractivity contribution in [1.29, 1.82) is 0 Å². The number of aliphatic hydroxyl groups excluding tert-OH is 1. The Kier molecular flexibility index (Phi) is 5.40. The lowest BCUT2D eigenvalue weighted by molar-refractivity contribution is -0.188. The zero-order chi connectivity index (χ0) is 17.2. The fraction of sp³-hybridized carbons (Fsp3) is 0.947. The molecule has 0 aromatic heterocycles. The van der Waals surface area contributed by atoms with Crippen LogP contribution in [0.25, 0.3) is 0 Å². The third kappa shape index (κ3) is 3.30. The van der Waals surface area contributed by atoms with Crippen LogP contribution in [0.15, 0.2) is 4.99 Å². The maximum absolute atomic E-state index is 9.42. The molecule has 5 nitrogen and oxygen atoms in total. The maximum atomic E-state index is 9.42. The fourth-order valence-electron chi connectivity index (χ4n) is 5.31. The molecule has 3 aliphatic rings. The summed E-state index contributed by atoms with van der Waals surface area (Å²) in [5.74, 6) is 1.51. The molecule has 0 radical (unpaired) electrons. The van der Waals surface area contributed by atoms with Gasteiger partial charge in [0, 0.05) is 44.2 Å². The van der Waals surface area contributed by atoms with Crippen molar-refractivity contribution in [1.82, 2.24) is 10.6 Å². The van der Waals surface area contributed by atoms with E-state index in [4.69, 9.17) is 4.74 Å². The summed E-state index contributed by atoms with van der Waals surface area (Å²) in [6.45, 7) is 6.70. The molecule has 138 valence electrons. The Balaban J connectivity index is 1.57. The van der Waals surface area contributed by atoms with Crippen LogP contribution in [-0.2, 0) is 4.74 Å². The quantitative estimate of drug-likeness (QED) is 0.532. The van der Waals surface area contributed by atoms with Crippen LogP contribution in [0.3, 0.4) is 0 Å². The highest BCUT2D eigenvalue weighted by Crippen LogP contribution is 2.51. The number of rotatable bonds is 5. The molecule has 0 aromatic carbocycles. The van der Waals surface area contributed by atoms with Gasteiger partial charge in [-0.2, -0.15) is 0 Å². The highest BCUT2D eigenvalue weighted by molar-refractivity contribution is 5.80. The monoisotopic (exact) mass is 337 g/mol. The molecule has 1 saturated heterocycles. The van der Waals surface area contributed by atoms with Crippen molar-refractivity contribution in [3.05, 3.63) is 0 Å². The van der Waals surface area contributed by atoms with Crippen LogP contribution < -0.4 is 10.6 Å². The third-order valence-electron chi connectivity index (χ3n) is 6.78. The number of hydrogen-bond donors (Lipinski definition) is 3. The van der Waals surface area contributed by atoms with Gasteiger partial charge in [-0.05, 0) is 37.5 Å². The summed E-state index contributed by atoms with van der Waals surface area (Å²) in [4.78, 5) is 4.46. The summed E-state index contributed by atoms with van der Waals surface area (Å²) in [5.41, 5.74) is 0.400. The van der Waals surface area contributed by atoms with Crippen LogP contribution in [-0.4, -0.2) is 50.0 Å². The summed E-state index contributed by atoms with van der Waals surface area (Å²) in [5, 5.41) is 16.6. The van der Waals surface area contributed by atoms with Gasteiger partial charge in [0.2, 0.25) is 0 Å². The van der Waals surface area contributed by atoms with E-state index in [1.165, 1.54) is 38.5 Å². The summed E-state index contributed by atoms with van der Waals surface area (Å²) >= 11 is 0. The Hall–Kier alpha value is -0.810. The molecule has 3 fully saturated rings. The van der Waals surface area contributed by atoms with Gasteiger partial charge in [-0.25, -0.2) is 0 Å². The third-order valence-corrected chi connectivity index (χ3v) is 6.78. The zero-order valence-electron chi connectivity index (χ0n) is 15.6. The van der Waals surface area contributed by atoms with E-state index >= 15 is 0 Å². The van der Waals surface area contributed by atoms with E-state index in [2.05, 4.69) is 29.5 Å². The van der Waals surface area contributed by atoms with Crippen LogP contribution >= 0.6 is 0 Å². The molecule has 2 aliphatic carbocycles. The Labute approximate surface area is 146 Å². The van der Waals surface area contributed by atoms with E-state index in [0.717, 1.165) is 25.5 Å². The van der Waals surface area contributed by atoms with Gasteiger partial charge in [-0.1, -0.05) is 26.7 Å². The van der Waals surface area contributed by atoms with Crippen molar-refractivity contribution in [3.8, 4) is 0 Å². The van der Waals surface area contributed by atoms with Gasteiger partial charge < -0.3 is 20.5 Å². The summed E-state index contributed by atoms with van der Waals surface area (Å²) in [6.07, 6.45) is 8.69. The molecule has 2 saturated carbocycles. The van der Waals surface area contributed by atoms with Crippen LogP contribution in [0.2, 0.25) is 0 Å². The molecule has 0 aromatic rings. The normalized spacial score (nSPS) is 34.3. The summed E-state index contributed by atoms with van der Waals surface area (Å²) in [6, 6.07) is 0.423. The molecule has 0 bridgehead atoms. The lowest BCUT2D eigenvalue weighted by atomic mass is 9.55. The van der Waals surface area contributed by atoms with Crippen molar-refractivity contribution in [2.45, 2.75) is 70.9 Å². The molecule has 3 unspecified atom stereocenters. The van der Waals surface area contributed by atoms with Crippen molar-refractivity contribution >= 4 is 5.96 Å². The lowest BCUT2D eigenvalue weighted by Gasteiger charge is -2.60. The van der Waals surface area contributed by atoms with E-state index in [9.17, 15) is 5.11 Å². The number of nitrogens with one attached hydrogen (secondary N) is 2. The van der Waals surface area contributed by atoms with Crippen molar-refractivity contribution in [3.63, 3.8) is 0 Å². The molecule has 1 aliphatic heterocycles. The molecule has 1 heterocycles. The van der Waals surface area contributed by atoms with E-state index in [1.807, 2.05) is 7.05 Å². The molecular formula is C19H35N3O2. The van der Waals surface area contributed by atoms with Crippen LogP contribution in [0.1, 0.15) is 58.8 Å². The maximum Gasteiger partial charge on any atom is 0.191 e. The zero-order valence-corrected chi connectivity index (χ0v) is 15.6. The Morgan fingerprint density at radius 3 is 2.67 bits per heavy atom. The average molecular weight is 338 g/mol. The first-order chi connectivity index (χ1) is 11.5. The first-order valence-corrected chi connectivity index (χ1v) is 9.72. The van der Waals surface area contributed by atoms with Gasteiger partial charge in [-0.15, -0.1) is 0 Å². The molecule has 0 spiro atoms. The van der Waals surface area contributed by atoms with Crippen molar-refractivity contribution in [2.24, 2.45) is 21.7 Å². The number of hydrogen-bond acceptors (Lipinski definition) is 3. The van der Waals surface area contributed by atoms with Gasteiger partial charge in [0.15, 0.2) is 5.96 Å². The van der Waals surface area contributed by atoms with Crippen molar-refractivity contribution < 1.29 is 9.84 Å². The lowest BCUT2D eigenvalue weighted by Crippen LogP contribution is -2.71. The fourth-order valence-corrected chi connectivity index (χ4v) is 5.31. The molecule has 24 heavy (non-hydrogen) atoms. The predicted molar refractivity (Wildman–Crippen MR) is 97.1 cm³/mol. The smallest absolute Gasteiger partial charge is 0.191 e. The number of ether oxygens (including phenoxy) is 1. The minimum Gasteiger partial charge on any atom is -0.396 e. The second-order valence-corrected chi connectivity index (χ2v) is 8.65. The standard InChI is InChI=1S/C19H35N3O2/c1-18(2)15(14-7-6-12-24-16(14)18)22-17(20-3)21-13-19(10-11-23)8-4-5-9-19/h14-16,23H,4-13H2,1-3H3,(H2,20,21,22). The first kappa shape index (κ1) is 18.0. The van der Waals surface area contributed by atoms with Crippen LogP contribution in [0.4, 0.5) is 0 Å². The van der Waals surface area contributed by atoms with E-state index < -0.39 is 0 Å². The van der Waals surface area contributed by atoms with E-state index in [1.54, 1.807) is 0 Å². The first-order valence-electron chi connectivity index (χ1n) is 9.72. The van der Waals surface area contributed by atoms with Crippen LogP contribution in [0, 0.1) is 16.7 Å². The second kappa shape index (κ2) is 7.20. The Bertz CT molecular complexity index is 458. The topological polar surface area (TPSA) is 65.9 Å². The highest BCUT2D eigenvalue weighted by Gasteiger charge is 2.58. The summed E-state index contributed by atoms with van der Waals surface area (Å²) in [7, 11) is 1.85. The number of fused-ring (bicyclic) bond motifs is 1. The Morgan fingerprint density at radius 2 is 2.00 bits per heavy atom. The molecular weight excluding hydrogens is 302 g/mol. The molecule has 3 N–H and O–H groups in total. The number of guanidine groups is 1. The molecule has 3 atom stereocenters. The van der Waals surface area contributed by atoms with Crippen molar-refractivity contribution in [2.75, 3.05) is 26.8 Å². The minimum absolute atomic E-state index is 0.152. The Morgan fingerprint density at radius 1 is 1.25 bits per heavy atom.